The molecule has 1 amide bonds. The SMILES string of the molecule is CCCCCCCCC=CCCCCCCCC(=O)O[C@@H]1CN(C(=O)CN(C)C)C[C@H]1OC(=O)CCCCCCCC=CCCCCCCCC. The number of nitrogens with zero attached hydrogens (tertiary/aromatic N) is 2. The Morgan fingerprint density at radius 2 is 0.824 bits per heavy atom. The quantitative estimate of drug-likeness (QED) is 0.0375. The second-order valence-corrected chi connectivity index (χ2v) is 15.3. The van der Waals surface area contributed by atoms with Crippen LogP contribution >= 0.6 is 0 Å². The maximum Gasteiger partial charge on any atom is 0.306 e. The number of ether oxygens (including phenoxy) is 2. The van der Waals surface area contributed by atoms with Crippen molar-refractivity contribution in [2.45, 2.75) is 206 Å². The second kappa shape index (κ2) is 33.7. The van der Waals surface area contributed by atoms with Crippen molar-refractivity contribution in [2.75, 3.05) is 33.7 Å². The number of likely N-dealkylation sites (tertiary alicyclic amines) is 1. The molecule has 1 fully saturated rings. The molecule has 7 heteroatoms. The number of hydrogen-bond acceptors (Lipinski definition) is 6. The smallest absolute Gasteiger partial charge is 0.306 e. The predicted molar refractivity (Wildman–Crippen MR) is 214 cm³/mol. The maximum atomic E-state index is 12.8. The topological polar surface area (TPSA) is 76.2 Å². The zero-order valence-corrected chi connectivity index (χ0v) is 33.8. The highest BCUT2D eigenvalue weighted by Crippen LogP contribution is 2.21. The first-order valence-corrected chi connectivity index (χ1v) is 21.5. The summed E-state index contributed by atoms with van der Waals surface area (Å²) in [6.07, 6.45) is 40.3. The van der Waals surface area contributed by atoms with Gasteiger partial charge in [0.2, 0.25) is 5.91 Å². The molecule has 0 unspecified atom stereocenters. The molecular weight excluding hydrogens is 636 g/mol. The van der Waals surface area contributed by atoms with Crippen molar-refractivity contribution in [3.63, 3.8) is 0 Å². The van der Waals surface area contributed by atoms with Gasteiger partial charge in [-0.15, -0.1) is 0 Å². The minimum Gasteiger partial charge on any atom is -0.456 e. The lowest BCUT2D eigenvalue weighted by molar-refractivity contribution is -0.164. The van der Waals surface area contributed by atoms with Crippen LogP contribution in [0.1, 0.15) is 194 Å². The van der Waals surface area contributed by atoms with Crippen LogP contribution in [0.25, 0.3) is 0 Å². The first kappa shape index (κ1) is 46.9. The van der Waals surface area contributed by atoms with Gasteiger partial charge in [-0.2, -0.15) is 0 Å². The zero-order chi connectivity index (χ0) is 37.2. The summed E-state index contributed by atoms with van der Waals surface area (Å²) < 4.78 is 11.6. The molecule has 0 aliphatic carbocycles. The summed E-state index contributed by atoms with van der Waals surface area (Å²) in [5.74, 6) is -0.579. The molecule has 1 heterocycles. The standard InChI is InChI=1S/C44H80N2O5/c1-5-7-9-11-13-15-17-19-21-23-25-27-29-31-33-35-43(48)50-40-37-46(42(47)39-45(3)4)38-41(40)51-44(49)36-34-32-30-28-26-24-22-20-18-16-14-12-10-8-6-2/h19-22,40-41H,5-18,23-39H2,1-4H3/t40-,41-/m1/s1. The number of carbonyl (C=O) groups is 3. The third-order valence-electron chi connectivity index (χ3n) is 9.87. The minimum absolute atomic E-state index is 0.0471. The van der Waals surface area contributed by atoms with Crippen LogP contribution in [0.5, 0.6) is 0 Å². The van der Waals surface area contributed by atoms with Crippen LogP contribution < -0.4 is 0 Å². The van der Waals surface area contributed by atoms with Gasteiger partial charge in [0, 0.05) is 12.8 Å². The van der Waals surface area contributed by atoms with Gasteiger partial charge >= 0.3 is 11.9 Å². The zero-order valence-electron chi connectivity index (χ0n) is 33.8. The predicted octanol–water partition coefficient (Wildman–Crippen LogP) is 11.3. The van der Waals surface area contributed by atoms with Crippen molar-refractivity contribution in [2.24, 2.45) is 0 Å². The highest BCUT2D eigenvalue weighted by Gasteiger charge is 2.40. The highest BCUT2D eigenvalue weighted by atomic mass is 16.6. The molecule has 0 aromatic carbocycles. The molecule has 2 atom stereocenters. The van der Waals surface area contributed by atoms with Gasteiger partial charge in [0.1, 0.15) is 0 Å². The number of carbonyl (C=O) groups excluding carboxylic acids is 3. The normalized spacial score (nSPS) is 16.2. The fourth-order valence-electron chi connectivity index (χ4n) is 6.68. The van der Waals surface area contributed by atoms with Crippen molar-refractivity contribution in [3.8, 4) is 0 Å². The van der Waals surface area contributed by atoms with Crippen molar-refractivity contribution in [1.82, 2.24) is 9.80 Å². The Hall–Kier alpha value is -2.15. The molecular formula is C44H80N2O5. The van der Waals surface area contributed by atoms with E-state index in [0.29, 0.717) is 12.8 Å². The van der Waals surface area contributed by atoms with Crippen LogP contribution in [0.15, 0.2) is 24.3 Å². The Kier molecular flexibility index (Phi) is 30.9. The second-order valence-electron chi connectivity index (χ2n) is 15.3. The summed E-state index contributed by atoms with van der Waals surface area (Å²) in [7, 11) is 3.70. The van der Waals surface area contributed by atoms with Gasteiger partial charge in [-0.1, -0.05) is 141 Å². The van der Waals surface area contributed by atoms with Crippen LogP contribution in [-0.2, 0) is 23.9 Å². The fraction of sp³-hybridized carbons (Fsp3) is 0.841. The van der Waals surface area contributed by atoms with Crippen molar-refractivity contribution >= 4 is 17.8 Å². The molecule has 1 aliphatic heterocycles. The lowest BCUT2D eigenvalue weighted by atomic mass is 10.1. The lowest BCUT2D eigenvalue weighted by Gasteiger charge is -2.19. The Labute approximate surface area is 314 Å². The Bertz CT molecular complexity index is 855. The van der Waals surface area contributed by atoms with Gasteiger partial charge in [0.15, 0.2) is 12.2 Å². The monoisotopic (exact) mass is 717 g/mol. The van der Waals surface area contributed by atoms with Crippen molar-refractivity contribution in [3.05, 3.63) is 24.3 Å². The van der Waals surface area contributed by atoms with E-state index in [2.05, 4.69) is 38.2 Å². The van der Waals surface area contributed by atoms with Gasteiger partial charge in [-0.05, 0) is 78.3 Å². The Morgan fingerprint density at radius 1 is 0.510 bits per heavy atom. The maximum absolute atomic E-state index is 12.8. The van der Waals surface area contributed by atoms with Crippen LogP contribution in [0.4, 0.5) is 0 Å². The molecule has 7 nitrogen and oxygen atoms in total. The van der Waals surface area contributed by atoms with Crippen molar-refractivity contribution in [1.29, 1.82) is 0 Å². The molecule has 0 radical (unpaired) electrons. The van der Waals surface area contributed by atoms with E-state index in [1.165, 1.54) is 116 Å². The number of rotatable bonds is 34. The Balaban J connectivity index is 2.24. The molecule has 1 aliphatic rings. The molecule has 0 aromatic heterocycles. The van der Waals surface area contributed by atoms with E-state index in [1.54, 1.807) is 4.90 Å². The number of unbranched alkanes of at least 4 members (excludes halogenated alkanes) is 22. The first-order chi connectivity index (χ1) is 24.9. The van der Waals surface area contributed by atoms with Crippen molar-refractivity contribution < 1.29 is 23.9 Å². The third kappa shape index (κ3) is 28.1. The Morgan fingerprint density at radius 3 is 1.16 bits per heavy atom. The number of amides is 1. The van der Waals surface area contributed by atoms with Crippen LogP contribution in [0, 0.1) is 0 Å². The molecule has 1 rings (SSSR count). The number of esters is 2. The highest BCUT2D eigenvalue weighted by molar-refractivity contribution is 5.79. The fourth-order valence-corrected chi connectivity index (χ4v) is 6.68. The van der Waals surface area contributed by atoms with Crippen LogP contribution in [0.3, 0.4) is 0 Å². The van der Waals surface area contributed by atoms with E-state index in [-0.39, 0.29) is 37.5 Å². The molecule has 1 saturated heterocycles. The molecule has 0 spiro atoms. The first-order valence-electron chi connectivity index (χ1n) is 21.5. The van der Waals surface area contributed by atoms with Gasteiger partial charge in [0.05, 0.1) is 19.6 Å². The summed E-state index contributed by atoms with van der Waals surface area (Å²) in [5.41, 5.74) is 0. The van der Waals surface area contributed by atoms with E-state index in [4.69, 9.17) is 9.47 Å². The number of hydrogen-bond donors (Lipinski definition) is 0. The van der Waals surface area contributed by atoms with E-state index in [1.807, 2.05) is 19.0 Å². The summed E-state index contributed by atoms with van der Waals surface area (Å²) in [6.45, 7) is 5.34. The van der Waals surface area contributed by atoms with E-state index in [9.17, 15) is 14.4 Å². The summed E-state index contributed by atoms with van der Waals surface area (Å²) in [5, 5.41) is 0. The largest absolute Gasteiger partial charge is 0.456 e. The average molecular weight is 717 g/mol. The van der Waals surface area contributed by atoms with Crippen LogP contribution in [0.2, 0.25) is 0 Å². The van der Waals surface area contributed by atoms with Crippen LogP contribution in [-0.4, -0.2) is 73.6 Å². The van der Waals surface area contributed by atoms with Gasteiger partial charge in [-0.3, -0.25) is 14.4 Å². The summed E-state index contributed by atoms with van der Waals surface area (Å²) in [6, 6.07) is 0. The van der Waals surface area contributed by atoms with Gasteiger partial charge < -0.3 is 19.3 Å². The number of allylic oxidation sites excluding steroid dienone is 4. The lowest BCUT2D eigenvalue weighted by Crippen LogP contribution is -2.37. The molecule has 0 N–H and O–H groups in total. The van der Waals surface area contributed by atoms with E-state index in [0.717, 1.165) is 51.4 Å². The summed E-state index contributed by atoms with van der Waals surface area (Å²) >= 11 is 0. The van der Waals surface area contributed by atoms with Gasteiger partial charge in [-0.25, -0.2) is 0 Å². The number of likely N-dealkylation sites (N-methyl/N-ethyl adjacent to an activating group) is 1. The average Bonchev–Trinajstić information content (AvgIpc) is 3.49. The van der Waals surface area contributed by atoms with E-state index < -0.39 is 12.2 Å². The third-order valence-corrected chi connectivity index (χ3v) is 9.87. The van der Waals surface area contributed by atoms with Gasteiger partial charge in [0.25, 0.3) is 0 Å². The molecule has 0 bridgehead atoms. The molecule has 296 valence electrons. The summed E-state index contributed by atoms with van der Waals surface area (Å²) in [4.78, 5) is 41.8. The molecule has 0 saturated carbocycles. The molecule has 51 heavy (non-hydrogen) atoms. The minimum atomic E-state index is -0.607. The molecule has 0 aromatic rings. The van der Waals surface area contributed by atoms with E-state index >= 15 is 0 Å².